The minimum Gasteiger partial charge on any atom is -0.349 e. The predicted molar refractivity (Wildman–Crippen MR) is 83.1 cm³/mol. The first-order chi connectivity index (χ1) is 9.47. The molecule has 0 aliphatic heterocycles. The highest BCUT2D eigenvalue weighted by molar-refractivity contribution is 9.10. The molecule has 0 radical (unpaired) electrons. The fourth-order valence-electron chi connectivity index (χ4n) is 1.72. The molecular formula is C15H19BrN2O2. The Hall–Kier alpha value is -1.36. The Labute approximate surface area is 127 Å². The number of carbonyl (C=O) groups is 2. The molecule has 2 amide bonds. The van der Waals surface area contributed by atoms with Crippen molar-refractivity contribution in [2.24, 2.45) is 5.92 Å². The van der Waals surface area contributed by atoms with Gasteiger partial charge in [-0.2, -0.15) is 0 Å². The van der Waals surface area contributed by atoms with Crippen molar-refractivity contribution in [3.63, 3.8) is 0 Å². The van der Waals surface area contributed by atoms with Crippen LogP contribution in [0.25, 0.3) is 0 Å². The Morgan fingerprint density at radius 1 is 1.20 bits per heavy atom. The van der Waals surface area contributed by atoms with E-state index in [0.29, 0.717) is 17.3 Å². The van der Waals surface area contributed by atoms with E-state index in [-0.39, 0.29) is 22.6 Å². The summed E-state index contributed by atoms with van der Waals surface area (Å²) >= 11 is 3.36. The van der Waals surface area contributed by atoms with E-state index in [4.69, 9.17) is 0 Å². The lowest BCUT2D eigenvalue weighted by Crippen LogP contribution is -2.27. The van der Waals surface area contributed by atoms with E-state index in [1.54, 1.807) is 24.3 Å². The minimum absolute atomic E-state index is 0.0501. The predicted octanol–water partition coefficient (Wildman–Crippen LogP) is 2.94. The maximum atomic E-state index is 11.9. The molecule has 1 aliphatic rings. The summed E-state index contributed by atoms with van der Waals surface area (Å²) < 4.78 is 0. The van der Waals surface area contributed by atoms with E-state index in [9.17, 15) is 9.59 Å². The van der Waals surface area contributed by atoms with Crippen LogP contribution in [0.5, 0.6) is 0 Å². The number of carbonyl (C=O) groups excluding carboxylic acids is 2. The summed E-state index contributed by atoms with van der Waals surface area (Å²) in [6.07, 6.45) is 2.14. The van der Waals surface area contributed by atoms with E-state index in [0.717, 1.165) is 12.8 Å². The Kier molecular flexibility index (Phi) is 4.81. The molecule has 2 N–H and O–H groups in total. The van der Waals surface area contributed by atoms with Crippen LogP contribution in [0.2, 0.25) is 0 Å². The first-order valence-electron chi connectivity index (χ1n) is 6.83. The van der Waals surface area contributed by atoms with Crippen LogP contribution in [0.1, 0.15) is 37.0 Å². The number of hydrogen-bond donors (Lipinski definition) is 2. The maximum Gasteiger partial charge on any atom is 0.251 e. The number of alkyl halides is 1. The molecule has 0 bridgehead atoms. The van der Waals surface area contributed by atoms with Gasteiger partial charge >= 0.3 is 0 Å². The fraction of sp³-hybridized carbons (Fsp3) is 0.467. The molecule has 0 saturated heterocycles. The summed E-state index contributed by atoms with van der Waals surface area (Å²) in [7, 11) is 0. The standard InChI is InChI=1S/C15H19BrN2O2/c1-9(2)13(16)15(20)18-11-5-3-10(4-6-11)14(19)17-12-7-8-12/h3-6,9,12-13H,7-8H2,1-2H3,(H,17,19)(H,18,20). The summed E-state index contributed by atoms with van der Waals surface area (Å²) in [6.45, 7) is 3.95. The average molecular weight is 339 g/mol. The van der Waals surface area contributed by atoms with E-state index in [2.05, 4.69) is 26.6 Å². The Balaban J connectivity index is 1.93. The van der Waals surface area contributed by atoms with Gasteiger partial charge in [0.05, 0.1) is 4.83 Å². The molecule has 0 spiro atoms. The van der Waals surface area contributed by atoms with Crippen LogP contribution in [0.4, 0.5) is 5.69 Å². The summed E-state index contributed by atoms with van der Waals surface area (Å²) in [6, 6.07) is 7.30. The van der Waals surface area contributed by atoms with Gasteiger partial charge in [-0.3, -0.25) is 9.59 Å². The monoisotopic (exact) mass is 338 g/mol. The Bertz CT molecular complexity index is 495. The first-order valence-corrected chi connectivity index (χ1v) is 7.75. The van der Waals surface area contributed by atoms with Crippen molar-refractivity contribution < 1.29 is 9.59 Å². The SMILES string of the molecule is CC(C)C(Br)C(=O)Nc1ccc(C(=O)NC2CC2)cc1. The lowest BCUT2D eigenvalue weighted by atomic mass is 10.1. The van der Waals surface area contributed by atoms with Crippen LogP contribution in [-0.2, 0) is 4.79 Å². The molecule has 20 heavy (non-hydrogen) atoms. The van der Waals surface area contributed by atoms with Crippen LogP contribution in [-0.4, -0.2) is 22.7 Å². The van der Waals surface area contributed by atoms with Crippen molar-refractivity contribution in [1.82, 2.24) is 5.32 Å². The molecule has 4 nitrogen and oxygen atoms in total. The average Bonchev–Trinajstić information content (AvgIpc) is 3.22. The molecule has 1 saturated carbocycles. The second-order valence-corrected chi connectivity index (χ2v) is 6.45. The van der Waals surface area contributed by atoms with Crippen molar-refractivity contribution in [1.29, 1.82) is 0 Å². The van der Waals surface area contributed by atoms with Gasteiger partial charge in [0.15, 0.2) is 0 Å². The molecule has 1 fully saturated rings. The van der Waals surface area contributed by atoms with Gasteiger partial charge in [-0.15, -0.1) is 0 Å². The molecule has 1 aliphatic carbocycles. The largest absolute Gasteiger partial charge is 0.349 e. The summed E-state index contributed by atoms with van der Waals surface area (Å²) in [5.74, 6) is 0.0969. The first kappa shape index (κ1) is 15.0. The van der Waals surface area contributed by atoms with Crippen molar-refractivity contribution in [3.05, 3.63) is 29.8 Å². The highest BCUT2D eigenvalue weighted by atomic mass is 79.9. The van der Waals surface area contributed by atoms with E-state index in [1.165, 1.54) is 0 Å². The highest BCUT2D eigenvalue weighted by Crippen LogP contribution is 2.20. The van der Waals surface area contributed by atoms with Crippen LogP contribution in [0.3, 0.4) is 0 Å². The molecule has 1 atom stereocenters. The number of benzene rings is 1. The lowest BCUT2D eigenvalue weighted by molar-refractivity contribution is -0.116. The quantitative estimate of drug-likeness (QED) is 0.811. The van der Waals surface area contributed by atoms with Crippen LogP contribution in [0, 0.1) is 5.92 Å². The van der Waals surface area contributed by atoms with Crippen LogP contribution in [0.15, 0.2) is 24.3 Å². The summed E-state index contributed by atoms with van der Waals surface area (Å²) in [4.78, 5) is 23.5. The van der Waals surface area contributed by atoms with Gasteiger partial charge in [0.2, 0.25) is 5.91 Å². The van der Waals surface area contributed by atoms with E-state index >= 15 is 0 Å². The zero-order valence-electron chi connectivity index (χ0n) is 11.7. The molecule has 0 aromatic heterocycles. The molecule has 5 heteroatoms. The smallest absolute Gasteiger partial charge is 0.251 e. The van der Waals surface area contributed by atoms with Gasteiger partial charge in [0.25, 0.3) is 5.91 Å². The highest BCUT2D eigenvalue weighted by Gasteiger charge is 2.23. The molecule has 0 heterocycles. The molecule has 1 aromatic rings. The minimum atomic E-state index is -0.222. The number of anilines is 1. The van der Waals surface area contributed by atoms with Crippen LogP contribution >= 0.6 is 15.9 Å². The summed E-state index contributed by atoms with van der Waals surface area (Å²) in [5, 5.41) is 5.75. The van der Waals surface area contributed by atoms with E-state index in [1.807, 2.05) is 13.8 Å². The second-order valence-electron chi connectivity index (χ2n) is 5.46. The van der Waals surface area contributed by atoms with Crippen molar-refractivity contribution >= 4 is 33.4 Å². The second kappa shape index (κ2) is 6.39. The number of hydrogen-bond acceptors (Lipinski definition) is 2. The third kappa shape index (κ3) is 4.07. The van der Waals surface area contributed by atoms with Crippen molar-refractivity contribution in [2.45, 2.75) is 37.6 Å². The molecule has 1 unspecified atom stereocenters. The van der Waals surface area contributed by atoms with Gasteiger partial charge in [0, 0.05) is 17.3 Å². The molecule has 108 valence electrons. The number of rotatable bonds is 5. The fourth-order valence-corrected chi connectivity index (χ4v) is 1.83. The van der Waals surface area contributed by atoms with Crippen molar-refractivity contribution in [2.75, 3.05) is 5.32 Å². The number of amides is 2. The van der Waals surface area contributed by atoms with Gasteiger partial charge in [-0.1, -0.05) is 29.8 Å². The Morgan fingerprint density at radius 2 is 1.80 bits per heavy atom. The Morgan fingerprint density at radius 3 is 2.30 bits per heavy atom. The third-order valence-corrected chi connectivity index (χ3v) is 4.64. The van der Waals surface area contributed by atoms with Gasteiger partial charge in [0.1, 0.15) is 0 Å². The van der Waals surface area contributed by atoms with E-state index < -0.39 is 0 Å². The van der Waals surface area contributed by atoms with Gasteiger partial charge in [-0.25, -0.2) is 0 Å². The normalized spacial score (nSPS) is 15.8. The lowest BCUT2D eigenvalue weighted by Gasteiger charge is -2.14. The zero-order valence-corrected chi connectivity index (χ0v) is 13.2. The number of nitrogens with one attached hydrogen (secondary N) is 2. The van der Waals surface area contributed by atoms with Crippen molar-refractivity contribution in [3.8, 4) is 0 Å². The maximum absolute atomic E-state index is 11.9. The summed E-state index contributed by atoms with van der Waals surface area (Å²) in [5.41, 5.74) is 1.32. The molecule has 1 aromatic carbocycles. The number of halogens is 1. The van der Waals surface area contributed by atoms with Gasteiger partial charge in [-0.05, 0) is 43.0 Å². The molecule has 2 rings (SSSR count). The topological polar surface area (TPSA) is 58.2 Å². The van der Waals surface area contributed by atoms with Gasteiger partial charge < -0.3 is 10.6 Å². The third-order valence-electron chi connectivity index (χ3n) is 3.16. The molecular weight excluding hydrogens is 320 g/mol. The van der Waals surface area contributed by atoms with Crippen LogP contribution < -0.4 is 10.6 Å². The zero-order chi connectivity index (χ0) is 14.7.